The van der Waals surface area contributed by atoms with Gasteiger partial charge in [-0.1, -0.05) is 0 Å². The zero-order valence-electron chi connectivity index (χ0n) is 13.1. The highest BCUT2D eigenvalue weighted by Crippen LogP contribution is 2.26. The first kappa shape index (κ1) is 14.5. The van der Waals surface area contributed by atoms with E-state index in [1.54, 1.807) is 9.42 Å². The molecule has 0 saturated carbocycles. The summed E-state index contributed by atoms with van der Waals surface area (Å²) in [7, 11) is 0. The Kier molecular flexibility index (Phi) is 3.33. The molecule has 9 nitrogen and oxygen atoms in total. The maximum absolute atomic E-state index is 11.4. The Balaban J connectivity index is 1.76. The normalized spacial score (nSPS) is 17.5. The standard InChI is InChI=1S/C15H17N7O2/c1-9-8-12(19-18-9)16-13-10-4-3-7-22(10)20-15(17-13)21-6-2-5-11(21)14(23)24/h3-4,7-8,11H,2,5-6H2,1H3,(H,23,24)(H2,16,17,18,19,20)/t11-/m0/s1. The topological polar surface area (TPSA) is 111 Å². The Morgan fingerprint density at radius 3 is 3.12 bits per heavy atom. The van der Waals surface area contributed by atoms with Crippen LogP contribution in [-0.2, 0) is 4.79 Å². The molecule has 1 atom stereocenters. The van der Waals surface area contributed by atoms with Gasteiger partial charge >= 0.3 is 5.97 Å². The van der Waals surface area contributed by atoms with Gasteiger partial charge in [-0.25, -0.2) is 9.31 Å². The summed E-state index contributed by atoms with van der Waals surface area (Å²) < 4.78 is 1.70. The van der Waals surface area contributed by atoms with Crippen LogP contribution in [0, 0.1) is 6.92 Å². The van der Waals surface area contributed by atoms with E-state index in [1.807, 2.05) is 31.3 Å². The molecule has 3 aromatic heterocycles. The number of aromatic nitrogens is 5. The van der Waals surface area contributed by atoms with Crippen LogP contribution in [0.3, 0.4) is 0 Å². The lowest BCUT2D eigenvalue weighted by Crippen LogP contribution is -2.37. The molecular weight excluding hydrogens is 310 g/mol. The summed E-state index contributed by atoms with van der Waals surface area (Å²) in [6, 6.07) is 5.06. The molecule has 124 valence electrons. The molecule has 3 N–H and O–H groups in total. The van der Waals surface area contributed by atoms with Gasteiger partial charge in [0.15, 0.2) is 5.82 Å². The van der Waals surface area contributed by atoms with Crippen molar-refractivity contribution in [3.05, 3.63) is 30.1 Å². The minimum absolute atomic E-state index is 0.405. The first-order valence-electron chi connectivity index (χ1n) is 7.76. The van der Waals surface area contributed by atoms with Crippen LogP contribution in [0.5, 0.6) is 0 Å². The predicted molar refractivity (Wildman–Crippen MR) is 87.6 cm³/mol. The van der Waals surface area contributed by atoms with Gasteiger partial charge < -0.3 is 15.3 Å². The second kappa shape index (κ2) is 5.52. The van der Waals surface area contributed by atoms with E-state index in [2.05, 4.69) is 25.6 Å². The molecule has 0 aliphatic carbocycles. The molecule has 0 aromatic carbocycles. The van der Waals surface area contributed by atoms with Gasteiger partial charge in [0.2, 0.25) is 5.95 Å². The average molecular weight is 327 g/mol. The fourth-order valence-corrected chi connectivity index (χ4v) is 3.01. The first-order chi connectivity index (χ1) is 11.6. The molecule has 4 rings (SSSR count). The molecule has 3 aromatic rings. The van der Waals surface area contributed by atoms with E-state index in [0.29, 0.717) is 24.7 Å². The van der Waals surface area contributed by atoms with Gasteiger partial charge in [0.05, 0.1) is 5.69 Å². The number of aliphatic carboxylic acids is 1. The van der Waals surface area contributed by atoms with Gasteiger partial charge in [0.25, 0.3) is 0 Å². The average Bonchev–Trinajstić information content (AvgIpc) is 3.26. The van der Waals surface area contributed by atoms with Crippen LogP contribution >= 0.6 is 0 Å². The van der Waals surface area contributed by atoms with Gasteiger partial charge in [-0.15, -0.1) is 5.10 Å². The number of anilines is 3. The van der Waals surface area contributed by atoms with Crippen molar-refractivity contribution in [3.8, 4) is 0 Å². The fraction of sp³-hybridized carbons (Fsp3) is 0.333. The third-order valence-electron chi connectivity index (χ3n) is 4.13. The summed E-state index contributed by atoms with van der Waals surface area (Å²) >= 11 is 0. The SMILES string of the molecule is Cc1cc(Nc2nc(N3CCC[C@H]3C(=O)O)nn3cccc23)[nH]n1. The number of carboxylic acid groups (broad SMARTS) is 1. The van der Waals surface area contributed by atoms with Crippen molar-refractivity contribution in [1.29, 1.82) is 0 Å². The van der Waals surface area contributed by atoms with Crippen LogP contribution in [0.2, 0.25) is 0 Å². The second-order valence-corrected chi connectivity index (χ2v) is 5.84. The molecule has 0 spiro atoms. The Morgan fingerprint density at radius 2 is 2.38 bits per heavy atom. The van der Waals surface area contributed by atoms with E-state index >= 15 is 0 Å². The van der Waals surface area contributed by atoms with Crippen molar-refractivity contribution in [1.82, 2.24) is 24.8 Å². The Bertz CT molecular complexity index is 900. The van der Waals surface area contributed by atoms with Crippen molar-refractivity contribution in [2.24, 2.45) is 0 Å². The second-order valence-electron chi connectivity index (χ2n) is 5.84. The predicted octanol–water partition coefficient (Wildman–Crippen LogP) is 1.56. The van der Waals surface area contributed by atoms with Crippen molar-refractivity contribution >= 4 is 29.1 Å². The van der Waals surface area contributed by atoms with Crippen LogP contribution in [-0.4, -0.2) is 48.5 Å². The molecule has 9 heteroatoms. The Labute approximate surface area is 137 Å². The first-order valence-corrected chi connectivity index (χ1v) is 7.76. The highest BCUT2D eigenvalue weighted by atomic mass is 16.4. The van der Waals surface area contributed by atoms with Crippen LogP contribution in [0.25, 0.3) is 5.52 Å². The van der Waals surface area contributed by atoms with Gasteiger partial charge in [-0.05, 0) is 31.9 Å². The summed E-state index contributed by atoms with van der Waals surface area (Å²) in [5.41, 5.74) is 1.67. The third kappa shape index (κ3) is 2.43. The number of aryl methyl sites for hydroxylation is 1. The van der Waals surface area contributed by atoms with E-state index in [-0.39, 0.29) is 0 Å². The molecule has 1 saturated heterocycles. The Hall–Kier alpha value is -3.10. The van der Waals surface area contributed by atoms with Gasteiger partial charge in [-0.3, -0.25) is 5.10 Å². The number of nitrogens with one attached hydrogen (secondary N) is 2. The number of carbonyl (C=O) groups is 1. The van der Waals surface area contributed by atoms with Crippen LogP contribution in [0.1, 0.15) is 18.5 Å². The Morgan fingerprint density at radius 1 is 1.50 bits per heavy atom. The number of fused-ring (bicyclic) bond motifs is 1. The number of aromatic amines is 1. The van der Waals surface area contributed by atoms with Crippen molar-refractivity contribution in [2.75, 3.05) is 16.8 Å². The van der Waals surface area contributed by atoms with Crippen molar-refractivity contribution < 1.29 is 9.90 Å². The van der Waals surface area contributed by atoms with Gasteiger partial charge in [0.1, 0.15) is 17.4 Å². The van der Waals surface area contributed by atoms with Crippen molar-refractivity contribution in [3.63, 3.8) is 0 Å². The van der Waals surface area contributed by atoms with Crippen molar-refractivity contribution in [2.45, 2.75) is 25.8 Å². The number of nitrogens with zero attached hydrogens (tertiary/aromatic N) is 5. The molecule has 1 aliphatic rings. The molecule has 0 amide bonds. The lowest BCUT2D eigenvalue weighted by atomic mass is 10.2. The van der Waals surface area contributed by atoms with Gasteiger partial charge in [0, 0.05) is 18.8 Å². The molecular formula is C15H17N7O2. The van der Waals surface area contributed by atoms with E-state index in [0.717, 1.165) is 23.4 Å². The highest BCUT2D eigenvalue weighted by molar-refractivity contribution is 5.79. The maximum atomic E-state index is 11.4. The minimum Gasteiger partial charge on any atom is -0.480 e. The van der Waals surface area contributed by atoms with Crippen LogP contribution in [0.15, 0.2) is 24.4 Å². The van der Waals surface area contributed by atoms with Crippen LogP contribution in [0.4, 0.5) is 17.6 Å². The summed E-state index contributed by atoms with van der Waals surface area (Å²) in [5, 5.41) is 24.0. The van der Waals surface area contributed by atoms with E-state index in [9.17, 15) is 9.90 Å². The lowest BCUT2D eigenvalue weighted by molar-refractivity contribution is -0.138. The van der Waals surface area contributed by atoms with Crippen LogP contribution < -0.4 is 10.2 Å². The molecule has 1 aliphatic heterocycles. The molecule has 0 bridgehead atoms. The number of H-pyrrole nitrogens is 1. The fourth-order valence-electron chi connectivity index (χ4n) is 3.01. The summed E-state index contributed by atoms with van der Waals surface area (Å²) in [5.74, 6) is 0.880. The molecule has 4 heterocycles. The number of carboxylic acids is 1. The highest BCUT2D eigenvalue weighted by Gasteiger charge is 2.33. The minimum atomic E-state index is -0.845. The number of hydrogen-bond acceptors (Lipinski definition) is 6. The summed E-state index contributed by atoms with van der Waals surface area (Å²) in [6.07, 6.45) is 3.23. The lowest BCUT2D eigenvalue weighted by Gasteiger charge is -2.22. The number of hydrogen-bond donors (Lipinski definition) is 3. The van der Waals surface area contributed by atoms with E-state index in [1.165, 1.54) is 0 Å². The number of rotatable bonds is 4. The molecule has 1 fully saturated rings. The largest absolute Gasteiger partial charge is 0.480 e. The zero-order chi connectivity index (χ0) is 16.7. The molecule has 0 unspecified atom stereocenters. The van der Waals surface area contributed by atoms with E-state index in [4.69, 9.17) is 0 Å². The zero-order valence-corrected chi connectivity index (χ0v) is 13.1. The van der Waals surface area contributed by atoms with E-state index < -0.39 is 12.0 Å². The third-order valence-corrected chi connectivity index (χ3v) is 4.13. The maximum Gasteiger partial charge on any atom is 0.326 e. The monoisotopic (exact) mass is 327 g/mol. The van der Waals surface area contributed by atoms with Gasteiger partial charge in [-0.2, -0.15) is 10.1 Å². The quantitative estimate of drug-likeness (QED) is 0.666. The smallest absolute Gasteiger partial charge is 0.326 e. The summed E-state index contributed by atoms with van der Waals surface area (Å²) in [4.78, 5) is 17.7. The molecule has 24 heavy (non-hydrogen) atoms. The summed E-state index contributed by atoms with van der Waals surface area (Å²) in [6.45, 7) is 2.52. The molecule has 0 radical (unpaired) electrons.